The van der Waals surface area contributed by atoms with Gasteiger partial charge in [0.05, 0.1) is 30.7 Å². The SMILES string of the molecule is COc1cnc2ccc([C@@H](C)c3nnc4ccc(-c5cnn(C)c5)nn34)cc2c1. The molecule has 4 aromatic heterocycles. The van der Waals surface area contributed by atoms with E-state index in [4.69, 9.17) is 9.84 Å². The molecule has 1 atom stereocenters. The number of methoxy groups -OCH3 is 1. The first-order valence-electron chi connectivity index (χ1n) is 9.27. The maximum absolute atomic E-state index is 5.30. The fraction of sp³-hybridized carbons (Fsp3) is 0.190. The smallest absolute Gasteiger partial charge is 0.177 e. The van der Waals surface area contributed by atoms with E-state index < -0.39 is 0 Å². The molecule has 29 heavy (non-hydrogen) atoms. The van der Waals surface area contributed by atoms with Crippen LogP contribution in [0.1, 0.15) is 24.2 Å². The first-order valence-corrected chi connectivity index (χ1v) is 9.27. The van der Waals surface area contributed by atoms with Gasteiger partial charge in [0.1, 0.15) is 5.75 Å². The molecule has 5 aromatic rings. The first kappa shape index (κ1) is 17.3. The lowest BCUT2D eigenvalue weighted by Crippen LogP contribution is -2.05. The molecule has 0 amide bonds. The van der Waals surface area contributed by atoms with Crippen LogP contribution in [0.4, 0.5) is 0 Å². The summed E-state index contributed by atoms with van der Waals surface area (Å²) >= 11 is 0. The Hall–Kier alpha value is -3.81. The van der Waals surface area contributed by atoms with E-state index in [1.807, 2.05) is 37.5 Å². The highest BCUT2D eigenvalue weighted by Gasteiger charge is 2.18. The van der Waals surface area contributed by atoms with Crippen molar-refractivity contribution in [2.75, 3.05) is 7.11 Å². The molecule has 0 radical (unpaired) electrons. The maximum Gasteiger partial charge on any atom is 0.177 e. The molecule has 5 rings (SSSR count). The van der Waals surface area contributed by atoms with Crippen LogP contribution >= 0.6 is 0 Å². The molecule has 8 nitrogen and oxygen atoms in total. The van der Waals surface area contributed by atoms with Crippen LogP contribution < -0.4 is 4.74 Å². The second-order valence-electron chi connectivity index (χ2n) is 7.00. The second-order valence-corrected chi connectivity index (χ2v) is 7.00. The van der Waals surface area contributed by atoms with Crippen molar-refractivity contribution < 1.29 is 4.74 Å². The molecule has 0 aliphatic rings. The second kappa shape index (κ2) is 6.66. The molecule has 0 saturated heterocycles. The lowest BCUT2D eigenvalue weighted by molar-refractivity contribution is 0.414. The quantitative estimate of drug-likeness (QED) is 0.472. The van der Waals surface area contributed by atoms with Gasteiger partial charge in [-0.25, -0.2) is 0 Å². The third-order valence-corrected chi connectivity index (χ3v) is 5.09. The lowest BCUT2D eigenvalue weighted by atomic mass is 9.98. The van der Waals surface area contributed by atoms with Crippen LogP contribution in [0.25, 0.3) is 27.8 Å². The van der Waals surface area contributed by atoms with Crippen LogP contribution in [0, 0.1) is 0 Å². The van der Waals surface area contributed by atoms with Gasteiger partial charge in [-0.3, -0.25) is 9.67 Å². The van der Waals surface area contributed by atoms with Gasteiger partial charge in [-0.2, -0.15) is 14.7 Å². The van der Waals surface area contributed by atoms with Crippen LogP contribution in [0.2, 0.25) is 0 Å². The van der Waals surface area contributed by atoms with E-state index in [1.54, 1.807) is 28.7 Å². The van der Waals surface area contributed by atoms with Crippen molar-refractivity contribution in [1.29, 1.82) is 0 Å². The normalized spacial score (nSPS) is 12.5. The van der Waals surface area contributed by atoms with Crippen LogP contribution in [0.3, 0.4) is 0 Å². The number of rotatable bonds is 4. The van der Waals surface area contributed by atoms with E-state index in [9.17, 15) is 0 Å². The average molecular weight is 385 g/mol. The van der Waals surface area contributed by atoms with Gasteiger partial charge >= 0.3 is 0 Å². The maximum atomic E-state index is 5.30. The van der Waals surface area contributed by atoms with Crippen LogP contribution in [0.5, 0.6) is 5.75 Å². The number of benzene rings is 1. The van der Waals surface area contributed by atoms with E-state index in [2.05, 4.69) is 39.3 Å². The zero-order valence-electron chi connectivity index (χ0n) is 16.3. The first-order chi connectivity index (χ1) is 14.1. The number of aromatic nitrogens is 7. The molecule has 0 unspecified atom stereocenters. The molecule has 0 spiro atoms. The number of aryl methyl sites for hydroxylation is 1. The Kier molecular flexibility index (Phi) is 3.97. The highest BCUT2D eigenvalue weighted by atomic mass is 16.5. The predicted molar refractivity (Wildman–Crippen MR) is 109 cm³/mol. The molecule has 0 bridgehead atoms. The van der Waals surface area contributed by atoms with Crippen molar-refractivity contribution in [2.45, 2.75) is 12.8 Å². The third kappa shape index (κ3) is 2.98. The number of nitrogens with zero attached hydrogens (tertiary/aromatic N) is 7. The Morgan fingerprint density at radius 1 is 1.03 bits per heavy atom. The summed E-state index contributed by atoms with van der Waals surface area (Å²) in [5, 5.41) is 18.7. The summed E-state index contributed by atoms with van der Waals surface area (Å²) in [7, 11) is 3.53. The molecule has 1 aromatic carbocycles. The monoisotopic (exact) mass is 385 g/mol. The fourth-order valence-corrected chi connectivity index (χ4v) is 3.44. The van der Waals surface area contributed by atoms with E-state index in [-0.39, 0.29) is 5.92 Å². The minimum Gasteiger partial charge on any atom is -0.495 e. The van der Waals surface area contributed by atoms with Gasteiger partial charge in [0.15, 0.2) is 11.5 Å². The fourth-order valence-electron chi connectivity index (χ4n) is 3.44. The average Bonchev–Trinajstić information content (AvgIpc) is 3.38. The third-order valence-electron chi connectivity index (χ3n) is 5.09. The Bertz CT molecular complexity index is 1340. The number of hydrogen-bond acceptors (Lipinski definition) is 6. The molecule has 0 fully saturated rings. The molecular formula is C21H19N7O. The van der Waals surface area contributed by atoms with E-state index in [0.717, 1.165) is 39.3 Å². The van der Waals surface area contributed by atoms with Gasteiger partial charge < -0.3 is 4.74 Å². The number of fused-ring (bicyclic) bond motifs is 2. The number of pyridine rings is 1. The van der Waals surface area contributed by atoms with Crippen LogP contribution in [0.15, 0.2) is 55.0 Å². The summed E-state index contributed by atoms with van der Waals surface area (Å²) < 4.78 is 8.87. The summed E-state index contributed by atoms with van der Waals surface area (Å²) in [5.41, 5.74) is 4.51. The van der Waals surface area contributed by atoms with Crippen molar-refractivity contribution >= 4 is 16.6 Å². The Balaban J connectivity index is 1.58. The van der Waals surface area contributed by atoms with Crippen molar-refractivity contribution in [2.24, 2.45) is 7.05 Å². The highest BCUT2D eigenvalue weighted by molar-refractivity contribution is 5.80. The zero-order valence-corrected chi connectivity index (χ0v) is 16.3. The lowest BCUT2D eigenvalue weighted by Gasteiger charge is -2.11. The largest absolute Gasteiger partial charge is 0.495 e. The summed E-state index contributed by atoms with van der Waals surface area (Å²) in [5.74, 6) is 1.51. The van der Waals surface area contributed by atoms with E-state index >= 15 is 0 Å². The molecule has 0 N–H and O–H groups in total. The minimum atomic E-state index is -0.00255. The van der Waals surface area contributed by atoms with E-state index in [0.29, 0.717) is 5.65 Å². The minimum absolute atomic E-state index is 0.00255. The number of ether oxygens (including phenoxy) is 1. The molecule has 0 aliphatic carbocycles. The topological polar surface area (TPSA) is 83.0 Å². The van der Waals surface area contributed by atoms with Gasteiger partial charge in [0.25, 0.3) is 0 Å². The number of hydrogen-bond donors (Lipinski definition) is 0. The Morgan fingerprint density at radius 3 is 2.72 bits per heavy atom. The summed E-state index contributed by atoms with van der Waals surface area (Å²) in [4.78, 5) is 4.43. The van der Waals surface area contributed by atoms with Crippen molar-refractivity contribution in [3.63, 3.8) is 0 Å². The predicted octanol–water partition coefficient (Wildman–Crippen LogP) is 3.23. The van der Waals surface area contributed by atoms with Crippen molar-refractivity contribution in [3.8, 4) is 17.0 Å². The van der Waals surface area contributed by atoms with Crippen LogP contribution in [-0.4, -0.2) is 41.7 Å². The van der Waals surface area contributed by atoms with Gasteiger partial charge in [0.2, 0.25) is 0 Å². The Labute approximate surface area is 166 Å². The van der Waals surface area contributed by atoms with Crippen molar-refractivity contribution in [1.82, 2.24) is 34.6 Å². The van der Waals surface area contributed by atoms with Gasteiger partial charge in [-0.15, -0.1) is 10.2 Å². The van der Waals surface area contributed by atoms with Crippen molar-refractivity contribution in [3.05, 3.63) is 66.4 Å². The van der Waals surface area contributed by atoms with Crippen LogP contribution in [-0.2, 0) is 7.05 Å². The zero-order chi connectivity index (χ0) is 20.0. The van der Waals surface area contributed by atoms with Gasteiger partial charge in [0, 0.05) is 30.1 Å². The molecular weight excluding hydrogens is 366 g/mol. The molecule has 0 saturated carbocycles. The Morgan fingerprint density at radius 2 is 1.93 bits per heavy atom. The van der Waals surface area contributed by atoms with Gasteiger partial charge in [-0.05, 0) is 35.9 Å². The molecule has 0 aliphatic heterocycles. The summed E-state index contributed by atoms with van der Waals surface area (Å²) in [6.45, 7) is 2.10. The molecule has 4 heterocycles. The molecule has 144 valence electrons. The van der Waals surface area contributed by atoms with Gasteiger partial charge in [-0.1, -0.05) is 13.0 Å². The highest BCUT2D eigenvalue weighted by Crippen LogP contribution is 2.27. The standard InChI is InChI=1S/C21H19N7O/c1-13(14-4-5-18-15(8-14)9-17(29-3)11-22-18)21-25-24-20-7-6-19(26-28(20)21)16-10-23-27(2)12-16/h4-13H,1-3H3/t13-/m1/s1. The van der Waals surface area contributed by atoms with E-state index in [1.165, 1.54) is 0 Å². The summed E-state index contributed by atoms with van der Waals surface area (Å²) in [6, 6.07) is 12.0. The molecule has 8 heteroatoms. The summed E-state index contributed by atoms with van der Waals surface area (Å²) in [6.07, 6.45) is 5.46.